The van der Waals surface area contributed by atoms with Crippen LogP contribution in [0.5, 0.6) is 0 Å². The van der Waals surface area contributed by atoms with E-state index in [0.717, 1.165) is 24.5 Å². The Bertz CT molecular complexity index is 941. The van der Waals surface area contributed by atoms with Gasteiger partial charge in [-0.3, -0.25) is 37.9 Å². The fourth-order valence-corrected chi connectivity index (χ4v) is 10.1. The van der Waals surface area contributed by atoms with E-state index in [1.807, 2.05) is 0 Å². The van der Waals surface area contributed by atoms with Crippen molar-refractivity contribution >= 4 is 0 Å². The van der Waals surface area contributed by atoms with Crippen LogP contribution in [0.2, 0.25) is 0 Å². The zero-order valence-corrected chi connectivity index (χ0v) is 20.6. The smallest absolute Gasteiger partial charge is 0.179 e. The second kappa shape index (κ2) is 5.70. The maximum Gasteiger partial charge on any atom is 0.179 e. The molecule has 8 rings (SSSR count). The van der Waals surface area contributed by atoms with Gasteiger partial charge in [-0.15, -0.1) is 5.12 Å². The summed E-state index contributed by atoms with van der Waals surface area (Å²) < 4.78 is 0. The number of hydrogen-bond donors (Lipinski definition) is 6. The first-order chi connectivity index (χ1) is 16.0. The maximum absolute atomic E-state index is 6.92. The van der Waals surface area contributed by atoms with Crippen molar-refractivity contribution in [3.8, 4) is 0 Å². The van der Waals surface area contributed by atoms with Gasteiger partial charge in [0.25, 0.3) is 0 Å². The molecule has 3 unspecified atom stereocenters. The third-order valence-electron chi connectivity index (χ3n) is 13.0. The van der Waals surface area contributed by atoms with E-state index >= 15 is 0 Å². The molecule has 0 aromatic heterocycles. The van der Waals surface area contributed by atoms with Crippen LogP contribution in [-0.2, 0) is 0 Å². The maximum atomic E-state index is 6.92. The number of likely N-dealkylation sites (tertiary alicyclic amines) is 3. The molecule has 0 bridgehead atoms. The Balaban J connectivity index is 1.11. The Morgan fingerprint density at radius 3 is 1.18 bits per heavy atom. The number of hydrazine groups is 2. The molecule has 0 amide bonds. The predicted octanol–water partition coefficient (Wildman–Crippen LogP) is -1.26. The van der Waals surface area contributed by atoms with Crippen molar-refractivity contribution in [2.45, 2.75) is 128 Å². The van der Waals surface area contributed by atoms with Crippen molar-refractivity contribution in [2.75, 3.05) is 19.6 Å². The zero-order valence-electron chi connectivity index (χ0n) is 20.6. The topological polar surface area (TPSA) is 169 Å². The predicted molar refractivity (Wildman–Crippen MR) is 129 cm³/mol. The second-order valence-corrected chi connectivity index (χ2v) is 13.7. The fourth-order valence-electron chi connectivity index (χ4n) is 10.1. The molecule has 8 fully saturated rings. The molecule has 0 aromatic rings. The summed E-state index contributed by atoms with van der Waals surface area (Å²) in [5.41, 5.74) is 27.1. The number of fused-ring (bicyclic) bond motifs is 1. The van der Waals surface area contributed by atoms with Crippen LogP contribution in [0, 0.1) is 0 Å². The molecule has 3 saturated heterocycles. The number of nitrogens with zero attached hydrogens (tertiary/aromatic N) is 4. The van der Waals surface area contributed by atoms with Crippen LogP contribution >= 0.6 is 0 Å². The molecule has 8 aliphatic rings. The SMILES string of the molecule is NN(N)C(N)(N)C1(N)CCN1C1(C2(N3CCC34CCC43CCN3C3(C4(N)CC4)CC3)CC2)CC1. The molecule has 0 aromatic carbocycles. The molecule has 3 aliphatic heterocycles. The van der Waals surface area contributed by atoms with E-state index in [1.54, 1.807) is 0 Å². The van der Waals surface area contributed by atoms with Gasteiger partial charge in [0.05, 0.1) is 0 Å². The lowest BCUT2D eigenvalue weighted by molar-refractivity contribution is -0.285. The highest BCUT2D eigenvalue weighted by Crippen LogP contribution is 2.76. The average molecular weight is 473 g/mol. The van der Waals surface area contributed by atoms with Gasteiger partial charge in [-0.25, -0.2) is 0 Å². The molecule has 34 heavy (non-hydrogen) atoms. The number of nitrogens with two attached hydrogens (primary N) is 6. The summed E-state index contributed by atoms with van der Waals surface area (Å²) in [5, 5.41) is 0.919. The van der Waals surface area contributed by atoms with E-state index < -0.39 is 11.4 Å². The van der Waals surface area contributed by atoms with Gasteiger partial charge in [0, 0.05) is 52.9 Å². The van der Waals surface area contributed by atoms with Crippen LogP contribution in [0.25, 0.3) is 0 Å². The van der Waals surface area contributed by atoms with E-state index in [0.29, 0.717) is 23.0 Å². The van der Waals surface area contributed by atoms with Crippen LogP contribution in [0.1, 0.15) is 83.5 Å². The molecule has 3 heterocycles. The highest BCUT2D eigenvalue weighted by atomic mass is 15.7. The molecular formula is C24H44N10. The molecular weight excluding hydrogens is 428 g/mol. The molecule has 10 nitrogen and oxygen atoms in total. The minimum absolute atomic E-state index is 0.0572. The first-order valence-corrected chi connectivity index (χ1v) is 13.8. The third-order valence-corrected chi connectivity index (χ3v) is 13.0. The van der Waals surface area contributed by atoms with Crippen LogP contribution < -0.4 is 34.6 Å². The van der Waals surface area contributed by atoms with Crippen molar-refractivity contribution in [2.24, 2.45) is 34.6 Å². The Kier molecular flexibility index (Phi) is 3.63. The van der Waals surface area contributed by atoms with E-state index in [2.05, 4.69) is 14.7 Å². The molecule has 190 valence electrons. The van der Waals surface area contributed by atoms with Gasteiger partial charge in [0.2, 0.25) is 0 Å². The molecule has 5 saturated carbocycles. The van der Waals surface area contributed by atoms with Gasteiger partial charge in [0.15, 0.2) is 5.79 Å². The normalized spacial score (nSPS) is 47.0. The molecule has 2 spiro atoms. The van der Waals surface area contributed by atoms with Crippen molar-refractivity contribution in [1.29, 1.82) is 0 Å². The second-order valence-electron chi connectivity index (χ2n) is 13.7. The lowest BCUT2D eigenvalue weighted by atomic mass is 9.48. The van der Waals surface area contributed by atoms with Gasteiger partial charge in [-0.05, 0) is 83.5 Å². The highest BCUT2D eigenvalue weighted by molar-refractivity contribution is 5.41. The lowest BCUT2D eigenvalue weighted by Gasteiger charge is -2.80. The minimum Gasteiger partial charge on any atom is -0.324 e. The molecule has 0 radical (unpaired) electrons. The summed E-state index contributed by atoms with van der Waals surface area (Å²) in [7, 11) is 0. The van der Waals surface area contributed by atoms with Crippen molar-refractivity contribution in [3.63, 3.8) is 0 Å². The van der Waals surface area contributed by atoms with Gasteiger partial charge < -0.3 is 11.5 Å². The standard InChI is InChI=1S/C24H44N10/c25-17(1-2-17)18(3-4-18)31-14-11-21(31)9-10-22(21)12-15-32(22)19(5-6-19)20(7-8-20)33-16-13-23(33,26)24(27,28)34(29)30/h1-16,25-30H2. The molecule has 5 aliphatic carbocycles. The monoisotopic (exact) mass is 472 g/mol. The number of rotatable bonds is 7. The Labute approximate surface area is 202 Å². The first-order valence-electron chi connectivity index (χ1n) is 13.8. The Hall–Kier alpha value is -0.400. The van der Waals surface area contributed by atoms with Crippen LogP contribution in [0.4, 0.5) is 0 Å². The summed E-state index contributed by atoms with van der Waals surface area (Å²) in [6.45, 7) is 3.37. The Morgan fingerprint density at radius 1 is 0.500 bits per heavy atom. The zero-order chi connectivity index (χ0) is 23.6. The van der Waals surface area contributed by atoms with Gasteiger partial charge in [-0.1, -0.05) is 0 Å². The van der Waals surface area contributed by atoms with Crippen LogP contribution in [0.3, 0.4) is 0 Å². The third kappa shape index (κ3) is 1.97. The van der Waals surface area contributed by atoms with E-state index in [4.69, 9.17) is 34.6 Å². The first kappa shape index (κ1) is 21.7. The summed E-state index contributed by atoms with van der Waals surface area (Å²) >= 11 is 0. The average Bonchev–Trinajstić information content (AvgIpc) is 3.53. The van der Waals surface area contributed by atoms with Crippen LogP contribution in [0.15, 0.2) is 0 Å². The Morgan fingerprint density at radius 2 is 0.882 bits per heavy atom. The minimum atomic E-state index is -1.47. The molecule has 12 N–H and O–H groups in total. The van der Waals surface area contributed by atoms with Gasteiger partial charge in [0.1, 0.15) is 5.66 Å². The van der Waals surface area contributed by atoms with E-state index in [9.17, 15) is 0 Å². The van der Waals surface area contributed by atoms with Crippen molar-refractivity contribution in [1.82, 2.24) is 19.8 Å². The highest BCUT2D eigenvalue weighted by Gasteiger charge is 2.84. The summed E-state index contributed by atoms with van der Waals surface area (Å²) in [5.74, 6) is 10.3. The largest absolute Gasteiger partial charge is 0.324 e. The summed E-state index contributed by atoms with van der Waals surface area (Å²) in [6.07, 6.45) is 16.0. The van der Waals surface area contributed by atoms with Crippen LogP contribution in [-0.4, -0.2) is 84.1 Å². The van der Waals surface area contributed by atoms with Crippen molar-refractivity contribution in [3.05, 3.63) is 0 Å². The van der Waals surface area contributed by atoms with Gasteiger partial charge >= 0.3 is 0 Å². The van der Waals surface area contributed by atoms with Crippen molar-refractivity contribution < 1.29 is 0 Å². The summed E-state index contributed by atoms with van der Waals surface area (Å²) in [6, 6.07) is 0. The molecule has 10 heteroatoms. The fraction of sp³-hybridized carbons (Fsp3) is 1.00. The molecule has 3 atom stereocenters. The van der Waals surface area contributed by atoms with Gasteiger partial charge in [-0.2, -0.15) is 0 Å². The van der Waals surface area contributed by atoms with E-state index in [-0.39, 0.29) is 16.6 Å². The summed E-state index contributed by atoms with van der Waals surface area (Å²) in [4.78, 5) is 8.34. The van der Waals surface area contributed by atoms with E-state index in [1.165, 1.54) is 77.3 Å². The number of hydrogen-bond acceptors (Lipinski definition) is 10. The lowest BCUT2D eigenvalue weighted by Crippen LogP contribution is -2.94. The quantitative estimate of drug-likeness (QED) is 0.149.